The van der Waals surface area contributed by atoms with Gasteiger partial charge in [0.25, 0.3) is 5.91 Å². The third-order valence-electron chi connectivity index (χ3n) is 10.1. The second-order valence-corrected chi connectivity index (χ2v) is 13.2. The number of esters is 1. The first kappa shape index (κ1) is 32.0. The number of halogens is 3. The lowest BCUT2D eigenvalue weighted by atomic mass is 9.48. The van der Waals surface area contributed by atoms with E-state index in [4.69, 9.17) is 14.2 Å². The number of ether oxygens (including phenoxy) is 3. The summed E-state index contributed by atoms with van der Waals surface area (Å²) < 4.78 is 58.4. The topological polar surface area (TPSA) is 68.3 Å². The van der Waals surface area contributed by atoms with Gasteiger partial charge in [-0.15, -0.1) is 6.58 Å². The summed E-state index contributed by atoms with van der Waals surface area (Å²) in [4.78, 5) is 31.0. The summed E-state index contributed by atoms with van der Waals surface area (Å²) in [7, 11) is 1.60. The van der Waals surface area contributed by atoms with Crippen LogP contribution < -0.4 is 9.47 Å². The Hall–Kier alpha value is -3.97. The fourth-order valence-electron chi connectivity index (χ4n) is 8.60. The molecule has 2 heterocycles. The van der Waals surface area contributed by atoms with E-state index in [9.17, 15) is 22.8 Å². The van der Waals surface area contributed by atoms with Crippen LogP contribution in [-0.2, 0) is 32.3 Å². The molecule has 2 bridgehead atoms. The van der Waals surface area contributed by atoms with Crippen LogP contribution in [-0.4, -0.2) is 72.2 Å². The average Bonchev–Trinajstić information content (AvgIpc) is 3.35. The number of nitrogens with zero attached hydrogens (tertiary/aromatic N) is 2. The minimum atomic E-state index is -4.46. The lowest BCUT2D eigenvalue weighted by Crippen LogP contribution is -2.79. The smallest absolute Gasteiger partial charge is 0.416 e. The summed E-state index contributed by atoms with van der Waals surface area (Å²) in [6, 6.07) is 7.93. The lowest BCUT2D eigenvalue weighted by Gasteiger charge is -2.65. The fourth-order valence-corrected chi connectivity index (χ4v) is 8.60. The van der Waals surface area contributed by atoms with E-state index in [1.165, 1.54) is 19.1 Å². The van der Waals surface area contributed by atoms with Crippen molar-refractivity contribution in [2.24, 2.45) is 5.92 Å². The molecule has 0 N–H and O–H groups in total. The zero-order valence-electron chi connectivity index (χ0n) is 26.6. The summed E-state index contributed by atoms with van der Waals surface area (Å²) in [6.45, 7) is 11.2. The molecule has 10 heteroatoms. The third-order valence-corrected chi connectivity index (χ3v) is 10.1. The van der Waals surface area contributed by atoms with Crippen molar-refractivity contribution in [3.05, 3.63) is 71.3 Å². The van der Waals surface area contributed by atoms with Gasteiger partial charge in [-0.1, -0.05) is 31.9 Å². The van der Waals surface area contributed by atoms with E-state index < -0.39 is 40.8 Å². The number of hydrogen-bond acceptors (Lipinski definition) is 6. The van der Waals surface area contributed by atoms with Gasteiger partial charge >= 0.3 is 12.1 Å². The van der Waals surface area contributed by atoms with Gasteiger partial charge in [0, 0.05) is 43.6 Å². The maximum Gasteiger partial charge on any atom is 0.416 e. The van der Waals surface area contributed by atoms with Crippen molar-refractivity contribution in [2.75, 3.05) is 26.7 Å². The Morgan fingerprint density at radius 1 is 1.20 bits per heavy atom. The highest BCUT2D eigenvalue weighted by Crippen LogP contribution is 2.67. The van der Waals surface area contributed by atoms with Crippen LogP contribution in [0.5, 0.6) is 11.5 Å². The SMILES string of the molecule is C=CCN1CC[C@]23c4c5ccc(OC)c4O[C@H]2[C@@H](N(CC(C)C)C(=O)C#Cc2ccc(C(F)(F)F)cc2)CC[C@@]3(OC(C)=O)[C@H]1C5. The van der Waals surface area contributed by atoms with Gasteiger partial charge in [0.15, 0.2) is 11.5 Å². The molecule has 1 saturated heterocycles. The van der Waals surface area contributed by atoms with Crippen LogP contribution >= 0.6 is 0 Å². The maximum atomic E-state index is 14.0. The number of carbonyl (C=O) groups excluding carboxylic acids is 2. The molecule has 6 rings (SSSR count). The molecule has 7 nitrogen and oxygen atoms in total. The van der Waals surface area contributed by atoms with Gasteiger partial charge in [0.2, 0.25) is 0 Å². The highest BCUT2D eigenvalue weighted by molar-refractivity contribution is 5.94. The van der Waals surface area contributed by atoms with Crippen molar-refractivity contribution >= 4 is 11.9 Å². The van der Waals surface area contributed by atoms with Crippen molar-refractivity contribution < 1.29 is 37.0 Å². The van der Waals surface area contributed by atoms with Gasteiger partial charge in [0.05, 0.1) is 30.2 Å². The molecule has 4 aliphatic rings. The van der Waals surface area contributed by atoms with Crippen LogP contribution in [0.1, 0.15) is 62.3 Å². The predicted octanol–water partition coefficient (Wildman–Crippen LogP) is 5.53. The molecule has 1 saturated carbocycles. The fraction of sp³-hybridized carbons (Fsp3) is 0.500. The average molecular weight is 637 g/mol. The number of hydrogen-bond donors (Lipinski definition) is 0. The molecule has 2 aromatic carbocycles. The molecule has 0 aromatic heterocycles. The third kappa shape index (κ3) is 4.95. The Morgan fingerprint density at radius 3 is 2.57 bits per heavy atom. The Bertz CT molecular complexity index is 1610. The highest BCUT2D eigenvalue weighted by Gasteiger charge is 2.75. The van der Waals surface area contributed by atoms with Crippen LogP contribution in [0.15, 0.2) is 49.1 Å². The molecule has 0 unspecified atom stereocenters. The molecule has 1 amide bonds. The largest absolute Gasteiger partial charge is 0.493 e. The molecule has 2 aliphatic heterocycles. The molecule has 2 aliphatic carbocycles. The predicted molar refractivity (Wildman–Crippen MR) is 165 cm³/mol. The summed E-state index contributed by atoms with van der Waals surface area (Å²) >= 11 is 0. The summed E-state index contributed by atoms with van der Waals surface area (Å²) in [5.41, 5.74) is 0.0170. The second-order valence-electron chi connectivity index (χ2n) is 13.2. The maximum absolute atomic E-state index is 14.0. The Balaban J connectivity index is 1.44. The summed E-state index contributed by atoms with van der Waals surface area (Å²) in [5, 5.41) is 0. The van der Waals surface area contributed by atoms with Gasteiger partial charge in [0.1, 0.15) is 11.7 Å². The second kappa shape index (κ2) is 11.7. The highest BCUT2D eigenvalue weighted by atomic mass is 19.4. The van der Waals surface area contributed by atoms with E-state index in [1.807, 2.05) is 26.0 Å². The Morgan fingerprint density at radius 2 is 1.93 bits per heavy atom. The van der Waals surface area contributed by atoms with E-state index in [2.05, 4.69) is 29.4 Å². The van der Waals surface area contributed by atoms with Gasteiger partial charge in [-0.3, -0.25) is 14.5 Å². The van der Waals surface area contributed by atoms with Gasteiger partial charge < -0.3 is 19.1 Å². The normalized spacial score (nSPS) is 27.5. The van der Waals surface area contributed by atoms with Crippen molar-refractivity contribution in [1.29, 1.82) is 0 Å². The summed E-state index contributed by atoms with van der Waals surface area (Å²) in [5.74, 6) is 6.02. The zero-order chi connectivity index (χ0) is 33.0. The van der Waals surface area contributed by atoms with Crippen LogP contribution in [0.4, 0.5) is 13.2 Å². The number of amides is 1. The van der Waals surface area contributed by atoms with E-state index in [-0.39, 0.29) is 17.9 Å². The number of methoxy groups -OCH3 is 1. The van der Waals surface area contributed by atoms with Crippen LogP contribution in [0.3, 0.4) is 0 Å². The van der Waals surface area contributed by atoms with Crippen molar-refractivity contribution in [3.8, 4) is 23.3 Å². The van der Waals surface area contributed by atoms with E-state index in [0.29, 0.717) is 55.8 Å². The van der Waals surface area contributed by atoms with Gasteiger partial charge in [-0.2, -0.15) is 13.2 Å². The Kier molecular flexibility index (Phi) is 8.12. The van der Waals surface area contributed by atoms with Crippen molar-refractivity contribution in [2.45, 2.75) is 81.8 Å². The van der Waals surface area contributed by atoms with E-state index in [0.717, 1.165) is 29.8 Å². The molecular formula is C36H39F3N2O5. The quantitative estimate of drug-likeness (QED) is 0.226. The number of rotatable bonds is 7. The number of alkyl halides is 3. The molecule has 5 atom stereocenters. The van der Waals surface area contributed by atoms with E-state index in [1.54, 1.807) is 12.0 Å². The monoisotopic (exact) mass is 636 g/mol. The van der Waals surface area contributed by atoms with Crippen molar-refractivity contribution in [1.82, 2.24) is 9.80 Å². The molecule has 2 fully saturated rings. The number of piperidine rings is 1. The molecule has 0 radical (unpaired) electrons. The first-order valence-electron chi connectivity index (χ1n) is 15.8. The first-order valence-corrected chi connectivity index (χ1v) is 15.8. The van der Waals surface area contributed by atoms with Gasteiger partial charge in [-0.05, 0) is 67.5 Å². The molecule has 2 aromatic rings. The minimum absolute atomic E-state index is 0.0943. The molecule has 1 spiro atoms. The molecular weight excluding hydrogens is 597 g/mol. The van der Waals surface area contributed by atoms with Crippen molar-refractivity contribution in [3.63, 3.8) is 0 Å². The lowest BCUT2D eigenvalue weighted by molar-refractivity contribution is -0.223. The van der Waals surface area contributed by atoms with Crippen LogP contribution in [0, 0.1) is 17.8 Å². The number of likely N-dealkylation sites (tertiary alicyclic amines) is 1. The molecule has 244 valence electrons. The van der Waals surface area contributed by atoms with Crippen LogP contribution in [0.2, 0.25) is 0 Å². The van der Waals surface area contributed by atoms with Gasteiger partial charge in [-0.25, -0.2) is 0 Å². The summed E-state index contributed by atoms with van der Waals surface area (Å²) in [6.07, 6.45) is -0.803. The van der Waals surface area contributed by atoms with E-state index >= 15 is 0 Å². The first-order chi connectivity index (χ1) is 21.9. The number of benzene rings is 2. The van der Waals surface area contributed by atoms with Crippen LogP contribution in [0.25, 0.3) is 0 Å². The zero-order valence-corrected chi connectivity index (χ0v) is 26.6. The molecule has 46 heavy (non-hydrogen) atoms. The minimum Gasteiger partial charge on any atom is -0.493 e. The number of carbonyl (C=O) groups is 2. The standard InChI is InChI=1S/C36H39F3N2O5/c1-6-18-40-19-17-34-31-25-10-13-28(44-5)32(31)45-33(34)27(15-16-35(34,29(40)20-25)46-23(4)42)41(21-22(2)3)30(43)14-9-24-7-11-26(12-8-24)36(37,38)39/h6-8,10-13,22,27,29,33H,1,15-21H2,2-5H3/t27-,29+,33-,34-,35+/m0/s1. The Labute approximate surface area is 267 Å².